The molecule has 1 aliphatic heterocycles. The number of methoxy groups -OCH3 is 1. The number of rotatable bonds is 9. The molecule has 1 aliphatic rings. The molecule has 228 valence electrons. The van der Waals surface area contributed by atoms with Crippen molar-refractivity contribution in [1.29, 1.82) is 0 Å². The zero-order valence-electron chi connectivity index (χ0n) is 24.8. The number of imidazole rings is 1. The van der Waals surface area contributed by atoms with Crippen LogP contribution in [0.4, 0.5) is 5.82 Å². The summed E-state index contributed by atoms with van der Waals surface area (Å²) in [5.74, 6) is -0.0771. The fraction of sp³-hybridized carbons (Fsp3) is 0.200. The van der Waals surface area contributed by atoms with E-state index in [-0.39, 0.29) is 35.9 Å². The van der Waals surface area contributed by atoms with Crippen LogP contribution in [-0.2, 0) is 9.47 Å². The molecule has 1 fully saturated rings. The lowest BCUT2D eigenvalue weighted by molar-refractivity contribution is -0.0107. The van der Waals surface area contributed by atoms with Gasteiger partial charge in [-0.25, -0.2) is 19.7 Å². The fourth-order valence-electron chi connectivity index (χ4n) is 5.21. The third-order valence-electron chi connectivity index (χ3n) is 7.37. The first-order valence-corrected chi connectivity index (χ1v) is 14.5. The summed E-state index contributed by atoms with van der Waals surface area (Å²) < 4.78 is 12.7. The molecule has 0 saturated carbocycles. The largest absolute Gasteiger partial charge is 0.465 e. The second kappa shape index (κ2) is 14.8. The van der Waals surface area contributed by atoms with E-state index in [1.807, 2.05) is 53.1 Å². The highest BCUT2D eigenvalue weighted by Crippen LogP contribution is 2.40. The SMILES string of the molecule is C=CCC1CC(CC(=O)c2ccccc2)OC1n1cnc2c(NC(=O)c3ccccc3)ncnc21.COC(=O)c1ccccc1. The first-order chi connectivity index (χ1) is 22.0. The Kier molecular flexibility index (Phi) is 10.2. The number of nitrogens with zero attached hydrogens (tertiary/aromatic N) is 4. The molecule has 1 N–H and O–H groups in total. The molecule has 10 nitrogen and oxygen atoms in total. The number of nitrogens with one attached hydrogen (secondary N) is 1. The predicted molar refractivity (Wildman–Crippen MR) is 170 cm³/mol. The second-order valence-corrected chi connectivity index (χ2v) is 10.4. The van der Waals surface area contributed by atoms with Gasteiger partial charge in [-0.2, -0.15) is 0 Å². The molecule has 6 rings (SSSR count). The number of ether oxygens (including phenoxy) is 2. The van der Waals surface area contributed by atoms with Gasteiger partial charge in [0.2, 0.25) is 0 Å². The molecule has 3 unspecified atom stereocenters. The van der Waals surface area contributed by atoms with Gasteiger partial charge in [0.25, 0.3) is 5.91 Å². The summed E-state index contributed by atoms with van der Waals surface area (Å²) in [6.07, 6.45) is 6.07. The number of amides is 1. The van der Waals surface area contributed by atoms with Gasteiger partial charge in [-0.15, -0.1) is 6.58 Å². The van der Waals surface area contributed by atoms with E-state index < -0.39 is 0 Å². The van der Waals surface area contributed by atoms with Gasteiger partial charge in [-0.3, -0.25) is 14.2 Å². The van der Waals surface area contributed by atoms with Crippen molar-refractivity contribution >= 4 is 34.6 Å². The van der Waals surface area contributed by atoms with Crippen LogP contribution in [0.25, 0.3) is 11.2 Å². The monoisotopic (exact) mass is 603 g/mol. The predicted octanol–water partition coefficient (Wildman–Crippen LogP) is 6.30. The second-order valence-electron chi connectivity index (χ2n) is 10.4. The fourth-order valence-corrected chi connectivity index (χ4v) is 5.21. The molecule has 2 aromatic heterocycles. The van der Waals surface area contributed by atoms with Crippen molar-refractivity contribution in [2.45, 2.75) is 31.6 Å². The Labute approximate surface area is 260 Å². The molecule has 10 heteroatoms. The van der Waals surface area contributed by atoms with Gasteiger partial charge in [0.1, 0.15) is 12.6 Å². The van der Waals surface area contributed by atoms with Gasteiger partial charge in [0.15, 0.2) is 22.8 Å². The van der Waals surface area contributed by atoms with Gasteiger partial charge in [-0.05, 0) is 37.1 Å². The van der Waals surface area contributed by atoms with Crippen molar-refractivity contribution in [2.75, 3.05) is 12.4 Å². The van der Waals surface area contributed by atoms with E-state index in [9.17, 15) is 14.4 Å². The van der Waals surface area contributed by atoms with Gasteiger partial charge in [0.05, 0.1) is 25.1 Å². The standard InChI is InChI=1S/C27H25N5O3.C8H8O2/c1-2-9-20-14-21(15-22(33)18-10-5-3-6-11-18)35-27(20)32-17-30-23-24(28-16-29-25(23)32)31-26(34)19-12-7-4-8-13-19;1-10-8(9)7-5-3-2-4-6-7/h2-8,10-13,16-17,20-21,27H,1,9,14-15H2,(H,28,29,31,34);2-6H,1H3. The molecule has 0 aliphatic carbocycles. The summed E-state index contributed by atoms with van der Waals surface area (Å²) in [6.45, 7) is 3.89. The number of esters is 1. The molecule has 0 radical (unpaired) electrons. The summed E-state index contributed by atoms with van der Waals surface area (Å²) in [4.78, 5) is 49.3. The third kappa shape index (κ3) is 7.54. The molecule has 1 amide bonds. The van der Waals surface area contributed by atoms with Gasteiger partial charge < -0.3 is 14.8 Å². The van der Waals surface area contributed by atoms with Crippen molar-refractivity contribution in [3.8, 4) is 0 Å². The number of hydrogen-bond acceptors (Lipinski definition) is 8. The average molecular weight is 604 g/mol. The normalized spacial score (nSPS) is 17.1. The van der Waals surface area contributed by atoms with Crippen LogP contribution in [0.5, 0.6) is 0 Å². The lowest BCUT2D eigenvalue weighted by Gasteiger charge is -2.19. The number of Topliss-reactive ketones (excluding diaryl/α,β-unsaturated/α-hetero) is 1. The summed E-state index contributed by atoms with van der Waals surface area (Å²) in [7, 11) is 1.37. The number of benzene rings is 3. The van der Waals surface area contributed by atoms with E-state index in [2.05, 4.69) is 31.6 Å². The highest BCUT2D eigenvalue weighted by atomic mass is 16.5. The van der Waals surface area contributed by atoms with Crippen LogP contribution in [-0.4, -0.2) is 50.4 Å². The molecule has 0 spiro atoms. The van der Waals surface area contributed by atoms with Crippen LogP contribution in [0.3, 0.4) is 0 Å². The zero-order valence-corrected chi connectivity index (χ0v) is 24.8. The molecule has 5 aromatic rings. The Balaban J connectivity index is 0.000000342. The Morgan fingerprint density at radius 3 is 2.16 bits per heavy atom. The van der Waals surface area contributed by atoms with E-state index in [4.69, 9.17) is 4.74 Å². The number of aromatic nitrogens is 4. The summed E-state index contributed by atoms with van der Waals surface area (Å²) in [5.41, 5.74) is 2.82. The average Bonchev–Trinajstić information content (AvgIpc) is 3.70. The van der Waals surface area contributed by atoms with Crippen LogP contribution in [0.15, 0.2) is 116 Å². The number of fused-ring (bicyclic) bond motifs is 1. The first kappa shape index (κ1) is 31.0. The van der Waals surface area contributed by atoms with Crippen molar-refractivity contribution in [2.24, 2.45) is 5.92 Å². The van der Waals surface area contributed by atoms with Gasteiger partial charge >= 0.3 is 5.97 Å². The molecule has 3 atom stereocenters. The topological polar surface area (TPSA) is 125 Å². The molecule has 3 aromatic carbocycles. The number of carbonyl (C=O) groups excluding carboxylic acids is 3. The summed E-state index contributed by atoms with van der Waals surface area (Å²) in [6, 6.07) is 27.0. The minimum Gasteiger partial charge on any atom is -0.465 e. The zero-order chi connectivity index (χ0) is 31.6. The summed E-state index contributed by atoms with van der Waals surface area (Å²) >= 11 is 0. The lowest BCUT2D eigenvalue weighted by atomic mass is 9.96. The Bertz CT molecular complexity index is 1760. The smallest absolute Gasteiger partial charge is 0.337 e. The first-order valence-electron chi connectivity index (χ1n) is 14.5. The van der Waals surface area contributed by atoms with Crippen LogP contribution >= 0.6 is 0 Å². The third-order valence-corrected chi connectivity index (χ3v) is 7.37. The molecule has 3 heterocycles. The van der Waals surface area contributed by atoms with Crippen molar-refractivity contribution in [1.82, 2.24) is 19.5 Å². The van der Waals surface area contributed by atoms with Crippen LogP contribution < -0.4 is 5.32 Å². The minimum absolute atomic E-state index is 0.0531. The van der Waals surface area contributed by atoms with E-state index in [0.717, 1.165) is 12.8 Å². The van der Waals surface area contributed by atoms with Gasteiger partial charge in [-0.1, -0.05) is 72.8 Å². The van der Waals surface area contributed by atoms with E-state index >= 15 is 0 Å². The van der Waals surface area contributed by atoms with E-state index in [1.54, 1.807) is 54.9 Å². The van der Waals surface area contributed by atoms with Crippen molar-refractivity contribution < 1.29 is 23.9 Å². The Hall–Kier alpha value is -5.48. The van der Waals surface area contributed by atoms with Crippen molar-refractivity contribution in [3.63, 3.8) is 0 Å². The van der Waals surface area contributed by atoms with Crippen molar-refractivity contribution in [3.05, 3.63) is 133 Å². The highest BCUT2D eigenvalue weighted by molar-refractivity contribution is 6.06. The Morgan fingerprint density at radius 1 is 0.911 bits per heavy atom. The van der Waals surface area contributed by atoms with Gasteiger partial charge in [0, 0.05) is 23.5 Å². The quantitative estimate of drug-likeness (QED) is 0.118. The maximum absolute atomic E-state index is 12.8. The van der Waals surface area contributed by atoms with E-state index in [1.165, 1.54) is 13.4 Å². The number of anilines is 1. The van der Waals surface area contributed by atoms with E-state index in [0.29, 0.717) is 40.1 Å². The summed E-state index contributed by atoms with van der Waals surface area (Å²) in [5, 5.41) is 2.83. The number of hydrogen-bond donors (Lipinski definition) is 1. The Morgan fingerprint density at radius 2 is 1.53 bits per heavy atom. The maximum Gasteiger partial charge on any atom is 0.337 e. The number of allylic oxidation sites excluding steroid dienone is 1. The van der Waals surface area contributed by atoms with Crippen LogP contribution in [0.1, 0.15) is 56.6 Å². The highest BCUT2D eigenvalue weighted by Gasteiger charge is 2.37. The number of carbonyl (C=O) groups is 3. The van der Waals surface area contributed by atoms with Crippen LogP contribution in [0, 0.1) is 5.92 Å². The molecule has 45 heavy (non-hydrogen) atoms. The maximum atomic E-state index is 12.8. The molecule has 1 saturated heterocycles. The molecular weight excluding hydrogens is 570 g/mol. The number of ketones is 1. The molecular formula is C35H33N5O5. The van der Waals surface area contributed by atoms with Crippen LogP contribution in [0.2, 0.25) is 0 Å². The molecule has 0 bridgehead atoms. The minimum atomic E-state index is -0.362. The lowest BCUT2D eigenvalue weighted by Crippen LogP contribution is -2.17.